The Labute approximate surface area is 197 Å². The zero-order valence-corrected chi connectivity index (χ0v) is 19.5. The monoisotopic (exact) mass is 472 g/mol. The van der Waals surface area contributed by atoms with E-state index in [9.17, 15) is 9.59 Å². The Bertz CT molecular complexity index is 1600. The Morgan fingerprint density at radius 1 is 1.12 bits per heavy atom. The van der Waals surface area contributed by atoms with E-state index in [2.05, 4.69) is 11.6 Å². The molecule has 0 spiro atoms. The van der Waals surface area contributed by atoms with E-state index >= 15 is 0 Å². The molecule has 0 aliphatic rings. The number of aromatic nitrogens is 4. The van der Waals surface area contributed by atoms with Crippen LogP contribution < -0.4 is 11.1 Å². The highest BCUT2D eigenvalue weighted by atomic mass is 32.2. The predicted molar refractivity (Wildman–Crippen MR) is 136 cm³/mol. The van der Waals surface area contributed by atoms with Gasteiger partial charge in [0.05, 0.1) is 21.5 Å². The number of para-hydroxylation sites is 1. The number of fused-ring (bicyclic) bond motifs is 2. The van der Waals surface area contributed by atoms with Gasteiger partial charge in [-0.05, 0) is 24.6 Å². The quantitative estimate of drug-likeness (QED) is 0.203. The van der Waals surface area contributed by atoms with Gasteiger partial charge in [0.1, 0.15) is 10.7 Å². The van der Waals surface area contributed by atoms with Gasteiger partial charge in [0.2, 0.25) is 0 Å². The molecule has 1 atom stereocenters. The highest BCUT2D eigenvalue weighted by Gasteiger charge is 2.19. The largest absolute Gasteiger partial charge is 0.309 e. The molecular weight excluding hydrogens is 452 g/mol. The third kappa shape index (κ3) is 3.92. The SMILES string of the molecule is C=CCn1c(SC(C)c2nc3scc(-c4ccccc4)c3c(=O)[nH]2)nc2ccccc2c1=O. The normalized spacial score (nSPS) is 12.3. The molecule has 3 aromatic heterocycles. The van der Waals surface area contributed by atoms with Gasteiger partial charge in [0, 0.05) is 17.5 Å². The molecule has 0 fully saturated rings. The summed E-state index contributed by atoms with van der Waals surface area (Å²) in [5, 5.41) is 3.46. The minimum Gasteiger partial charge on any atom is -0.309 e. The van der Waals surface area contributed by atoms with Crippen LogP contribution in [0.1, 0.15) is 18.0 Å². The van der Waals surface area contributed by atoms with Crippen molar-refractivity contribution in [2.24, 2.45) is 0 Å². The van der Waals surface area contributed by atoms with E-state index in [1.165, 1.54) is 23.1 Å². The van der Waals surface area contributed by atoms with Crippen molar-refractivity contribution in [3.63, 3.8) is 0 Å². The number of thioether (sulfide) groups is 1. The summed E-state index contributed by atoms with van der Waals surface area (Å²) < 4.78 is 1.60. The first kappa shape index (κ1) is 21.4. The molecule has 3 heterocycles. The van der Waals surface area contributed by atoms with Crippen LogP contribution in [0, 0.1) is 0 Å². The van der Waals surface area contributed by atoms with Gasteiger partial charge in [-0.15, -0.1) is 17.9 Å². The summed E-state index contributed by atoms with van der Waals surface area (Å²) in [6.45, 7) is 6.07. The van der Waals surface area contributed by atoms with Crippen molar-refractivity contribution in [3.05, 3.63) is 99.2 Å². The van der Waals surface area contributed by atoms with Crippen LogP contribution in [0.2, 0.25) is 0 Å². The highest BCUT2D eigenvalue weighted by molar-refractivity contribution is 7.99. The fourth-order valence-corrected chi connectivity index (χ4v) is 5.66. The number of nitrogens with one attached hydrogen (secondary N) is 1. The second-order valence-electron chi connectivity index (χ2n) is 7.52. The van der Waals surface area contributed by atoms with Crippen molar-refractivity contribution < 1.29 is 0 Å². The van der Waals surface area contributed by atoms with Crippen molar-refractivity contribution in [2.45, 2.75) is 23.9 Å². The van der Waals surface area contributed by atoms with E-state index in [4.69, 9.17) is 9.97 Å². The zero-order valence-electron chi connectivity index (χ0n) is 17.8. The number of thiophene rings is 1. The highest BCUT2D eigenvalue weighted by Crippen LogP contribution is 2.35. The van der Waals surface area contributed by atoms with Crippen LogP contribution in [0.3, 0.4) is 0 Å². The number of nitrogens with zero attached hydrogens (tertiary/aromatic N) is 3. The summed E-state index contributed by atoms with van der Waals surface area (Å²) >= 11 is 2.84. The van der Waals surface area contributed by atoms with Crippen LogP contribution in [0.15, 0.2) is 87.4 Å². The van der Waals surface area contributed by atoms with Crippen LogP contribution >= 0.6 is 23.1 Å². The Hall–Kier alpha value is -3.49. The van der Waals surface area contributed by atoms with Crippen molar-refractivity contribution in [2.75, 3.05) is 0 Å². The van der Waals surface area contributed by atoms with Gasteiger partial charge in [-0.3, -0.25) is 14.2 Å². The number of allylic oxidation sites excluding steroid dienone is 1. The second-order valence-corrected chi connectivity index (χ2v) is 9.69. The molecule has 0 saturated carbocycles. The lowest BCUT2D eigenvalue weighted by atomic mass is 10.1. The maximum atomic E-state index is 13.0. The molecule has 5 rings (SSSR count). The number of H-pyrrole nitrogens is 1. The van der Waals surface area contributed by atoms with Crippen molar-refractivity contribution in [1.82, 2.24) is 19.5 Å². The van der Waals surface area contributed by atoms with Crippen LogP contribution in [0.25, 0.3) is 32.2 Å². The van der Waals surface area contributed by atoms with Gasteiger partial charge in [0.25, 0.3) is 11.1 Å². The van der Waals surface area contributed by atoms with Gasteiger partial charge >= 0.3 is 0 Å². The lowest BCUT2D eigenvalue weighted by molar-refractivity contribution is 0.669. The van der Waals surface area contributed by atoms with Crippen LogP contribution in [-0.4, -0.2) is 19.5 Å². The molecule has 1 N–H and O–H groups in total. The molecule has 0 aliphatic heterocycles. The lowest BCUT2D eigenvalue weighted by Gasteiger charge is -2.15. The van der Waals surface area contributed by atoms with Crippen molar-refractivity contribution in [3.8, 4) is 11.1 Å². The van der Waals surface area contributed by atoms with Crippen molar-refractivity contribution >= 4 is 44.2 Å². The smallest absolute Gasteiger partial charge is 0.262 e. The minimum atomic E-state index is -0.228. The summed E-state index contributed by atoms with van der Waals surface area (Å²) in [7, 11) is 0. The van der Waals surface area contributed by atoms with Crippen molar-refractivity contribution in [1.29, 1.82) is 0 Å². The molecule has 1 unspecified atom stereocenters. The van der Waals surface area contributed by atoms with E-state index < -0.39 is 0 Å². The number of aromatic amines is 1. The average Bonchev–Trinajstić information content (AvgIpc) is 3.27. The molecule has 5 aromatic rings. The summed E-state index contributed by atoms with van der Waals surface area (Å²) in [4.78, 5) is 39.1. The number of benzene rings is 2. The number of hydrogen-bond donors (Lipinski definition) is 1. The predicted octanol–water partition coefficient (Wildman–Crippen LogP) is 5.40. The Morgan fingerprint density at radius 2 is 1.88 bits per heavy atom. The first-order valence-corrected chi connectivity index (χ1v) is 12.2. The third-order valence-corrected chi connectivity index (χ3v) is 7.32. The van der Waals surface area contributed by atoms with Gasteiger partial charge in [0.15, 0.2) is 5.16 Å². The Kier molecular flexibility index (Phi) is 5.70. The standard InChI is InChI=1S/C25H20N4O2S2/c1-3-13-29-24(31)17-11-7-8-12-19(17)26-25(29)33-15(2)21-27-22(30)20-18(14-32-23(20)28-21)16-9-5-4-6-10-16/h3-12,14-15H,1,13H2,2H3,(H,27,28,30). The van der Waals surface area contributed by atoms with E-state index in [0.717, 1.165) is 11.1 Å². The summed E-state index contributed by atoms with van der Waals surface area (Å²) in [5.41, 5.74) is 2.22. The van der Waals surface area contributed by atoms with Gasteiger partial charge in [-0.25, -0.2) is 9.97 Å². The summed E-state index contributed by atoms with van der Waals surface area (Å²) in [6, 6.07) is 17.1. The minimum absolute atomic E-state index is 0.113. The summed E-state index contributed by atoms with van der Waals surface area (Å²) in [5.74, 6) is 0.548. The number of rotatable bonds is 6. The van der Waals surface area contributed by atoms with Crippen LogP contribution in [-0.2, 0) is 6.54 Å². The third-order valence-electron chi connectivity index (χ3n) is 5.35. The van der Waals surface area contributed by atoms with E-state index in [-0.39, 0.29) is 16.4 Å². The fourth-order valence-electron chi connectivity index (χ4n) is 3.73. The van der Waals surface area contributed by atoms with Crippen LogP contribution in [0.4, 0.5) is 0 Å². The van der Waals surface area contributed by atoms with Gasteiger partial charge in [-0.1, -0.05) is 60.3 Å². The zero-order chi connectivity index (χ0) is 22.9. The molecule has 0 saturated heterocycles. The Balaban J connectivity index is 1.55. The average molecular weight is 473 g/mol. The Morgan fingerprint density at radius 3 is 2.67 bits per heavy atom. The number of hydrogen-bond acceptors (Lipinski definition) is 6. The molecule has 8 heteroatoms. The van der Waals surface area contributed by atoms with E-state index in [1.807, 2.05) is 60.8 Å². The molecule has 2 aromatic carbocycles. The topological polar surface area (TPSA) is 80.6 Å². The molecule has 33 heavy (non-hydrogen) atoms. The van der Waals surface area contributed by atoms with E-state index in [0.29, 0.717) is 38.6 Å². The van der Waals surface area contributed by atoms with Crippen LogP contribution in [0.5, 0.6) is 0 Å². The molecule has 0 aliphatic carbocycles. The molecule has 6 nitrogen and oxygen atoms in total. The first-order chi connectivity index (χ1) is 16.1. The molecular formula is C25H20N4O2S2. The molecule has 0 radical (unpaired) electrons. The lowest BCUT2D eigenvalue weighted by Crippen LogP contribution is -2.23. The fraction of sp³-hybridized carbons (Fsp3) is 0.120. The molecule has 164 valence electrons. The molecule has 0 bridgehead atoms. The maximum absolute atomic E-state index is 13.0. The first-order valence-electron chi connectivity index (χ1n) is 10.4. The van der Waals surface area contributed by atoms with E-state index in [1.54, 1.807) is 16.7 Å². The summed E-state index contributed by atoms with van der Waals surface area (Å²) in [6.07, 6.45) is 1.68. The maximum Gasteiger partial charge on any atom is 0.262 e. The second kappa shape index (κ2) is 8.80. The van der Waals surface area contributed by atoms with Gasteiger partial charge < -0.3 is 4.98 Å². The van der Waals surface area contributed by atoms with Gasteiger partial charge in [-0.2, -0.15) is 0 Å². The molecule has 0 amide bonds.